The summed E-state index contributed by atoms with van der Waals surface area (Å²) in [6, 6.07) is 14.7. The fourth-order valence-electron chi connectivity index (χ4n) is 2.25. The van der Waals surface area contributed by atoms with Gasteiger partial charge in [-0.15, -0.1) is 11.3 Å². The smallest absolute Gasteiger partial charge is 0.104 e. The fraction of sp³-hybridized carbons (Fsp3) is 0.333. The molecule has 0 fully saturated rings. The minimum atomic E-state index is -0.0959. The van der Waals surface area contributed by atoms with E-state index < -0.39 is 0 Å². The monoisotopic (exact) mass is 337 g/mol. The van der Waals surface area contributed by atoms with Gasteiger partial charge in [0, 0.05) is 23.0 Å². The van der Waals surface area contributed by atoms with E-state index in [1.165, 1.54) is 4.88 Å². The first-order valence-corrected chi connectivity index (χ1v) is 9.01. The Bertz CT molecular complexity index is 743. The van der Waals surface area contributed by atoms with Crippen LogP contribution in [0.2, 0.25) is 0 Å². The molecule has 1 aromatic heterocycles. The summed E-state index contributed by atoms with van der Waals surface area (Å²) >= 11 is 1.68. The number of hydrogen-bond donors (Lipinski definition) is 1. The fourth-order valence-corrected chi connectivity index (χ4v) is 3.16. The molecule has 1 atom stereocenters. The van der Waals surface area contributed by atoms with Crippen LogP contribution in [0.15, 0.2) is 42.5 Å². The molecule has 0 saturated carbocycles. The highest BCUT2D eigenvalue weighted by molar-refractivity contribution is 7.12. The summed E-state index contributed by atoms with van der Waals surface area (Å²) in [4.78, 5) is 4.67. The number of benzene rings is 1. The second-order valence-electron chi connectivity index (χ2n) is 5.56. The molecule has 2 rings (SSSR count). The van der Waals surface area contributed by atoms with Crippen molar-refractivity contribution in [2.24, 2.45) is 0 Å². The molecule has 1 N–H and O–H groups in total. The normalized spacial score (nSPS) is 11.3. The van der Waals surface area contributed by atoms with Crippen molar-refractivity contribution in [3.8, 4) is 23.7 Å². The van der Waals surface area contributed by atoms with E-state index in [-0.39, 0.29) is 6.61 Å². The Labute approximate surface area is 149 Å². The SMILES string of the molecule is CC[C@@H](C)N(CC#Cc1ccccc1)Cc1ccc(C#CCO)s1. The zero-order chi connectivity index (χ0) is 17.2. The second kappa shape index (κ2) is 9.96. The Kier molecular flexibility index (Phi) is 7.59. The third kappa shape index (κ3) is 5.87. The van der Waals surface area contributed by atoms with Crippen LogP contribution in [0.5, 0.6) is 0 Å². The summed E-state index contributed by atoms with van der Waals surface area (Å²) in [6.45, 7) is 5.98. The minimum Gasteiger partial charge on any atom is -0.384 e. The van der Waals surface area contributed by atoms with Gasteiger partial charge in [-0.3, -0.25) is 4.90 Å². The van der Waals surface area contributed by atoms with Crippen LogP contribution in [0.25, 0.3) is 0 Å². The van der Waals surface area contributed by atoms with E-state index in [0.717, 1.165) is 30.0 Å². The molecule has 2 nitrogen and oxygen atoms in total. The lowest BCUT2D eigenvalue weighted by Gasteiger charge is -2.25. The van der Waals surface area contributed by atoms with Gasteiger partial charge in [0.2, 0.25) is 0 Å². The number of thiophene rings is 1. The molecule has 0 saturated heterocycles. The van der Waals surface area contributed by atoms with Crippen LogP contribution in [-0.2, 0) is 6.54 Å². The summed E-state index contributed by atoms with van der Waals surface area (Å²) in [6.07, 6.45) is 1.09. The molecule has 3 heteroatoms. The van der Waals surface area contributed by atoms with Gasteiger partial charge in [-0.05, 0) is 37.6 Å². The van der Waals surface area contributed by atoms with Crippen LogP contribution >= 0.6 is 11.3 Å². The molecule has 0 aliphatic rings. The van der Waals surface area contributed by atoms with Gasteiger partial charge in [0.15, 0.2) is 0 Å². The van der Waals surface area contributed by atoms with E-state index in [1.54, 1.807) is 11.3 Å². The average molecular weight is 337 g/mol. The van der Waals surface area contributed by atoms with Gasteiger partial charge in [0.25, 0.3) is 0 Å². The van der Waals surface area contributed by atoms with Crippen LogP contribution in [0.4, 0.5) is 0 Å². The van der Waals surface area contributed by atoms with Crippen molar-refractivity contribution >= 4 is 11.3 Å². The molecule has 0 amide bonds. The van der Waals surface area contributed by atoms with Crippen molar-refractivity contribution in [2.45, 2.75) is 32.9 Å². The third-order valence-corrected chi connectivity index (χ3v) is 4.80. The first kappa shape index (κ1) is 18.3. The molecule has 1 heterocycles. The maximum Gasteiger partial charge on any atom is 0.104 e. The van der Waals surface area contributed by atoms with E-state index in [9.17, 15) is 0 Å². The van der Waals surface area contributed by atoms with Gasteiger partial charge < -0.3 is 5.11 Å². The van der Waals surface area contributed by atoms with E-state index in [2.05, 4.69) is 48.5 Å². The molecular formula is C21H23NOS. The zero-order valence-corrected chi connectivity index (χ0v) is 15.1. The second-order valence-corrected chi connectivity index (χ2v) is 6.72. The van der Waals surface area contributed by atoms with Crippen molar-refractivity contribution in [3.63, 3.8) is 0 Å². The number of nitrogens with zero attached hydrogens (tertiary/aromatic N) is 1. The third-order valence-electron chi connectivity index (χ3n) is 3.81. The molecule has 0 bridgehead atoms. The van der Waals surface area contributed by atoms with Crippen LogP contribution in [0, 0.1) is 23.7 Å². The number of rotatable bonds is 5. The van der Waals surface area contributed by atoms with Crippen molar-refractivity contribution in [1.29, 1.82) is 0 Å². The summed E-state index contributed by atoms with van der Waals surface area (Å²) in [7, 11) is 0. The number of hydrogen-bond acceptors (Lipinski definition) is 3. The van der Waals surface area contributed by atoms with E-state index in [1.807, 2.05) is 36.4 Å². The van der Waals surface area contributed by atoms with Gasteiger partial charge >= 0.3 is 0 Å². The molecular weight excluding hydrogens is 314 g/mol. The topological polar surface area (TPSA) is 23.5 Å². The van der Waals surface area contributed by atoms with Crippen molar-refractivity contribution in [2.75, 3.05) is 13.2 Å². The van der Waals surface area contributed by atoms with Gasteiger partial charge in [-0.1, -0.05) is 48.8 Å². The molecule has 0 spiro atoms. The number of aliphatic hydroxyl groups is 1. The van der Waals surface area contributed by atoms with Crippen molar-refractivity contribution < 1.29 is 5.11 Å². The molecule has 124 valence electrons. The molecule has 0 radical (unpaired) electrons. The van der Waals surface area contributed by atoms with Crippen LogP contribution in [0.1, 0.15) is 35.6 Å². The highest BCUT2D eigenvalue weighted by atomic mass is 32.1. The average Bonchev–Trinajstić information content (AvgIpc) is 3.06. The summed E-state index contributed by atoms with van der Waals surface area (Å²) in [5.41, 5.74) is 1.05. The van der Waals surface area contributed by atoms with Crippen LogP contribution in [-0.4, -0.2) is 29.2 Å². The van der Waals surface area contributed by atoms with E-state index in [4.69, 9.17) is 5.11 Å². The first-order valence-electron chi connectivity index (χ1n) is 8.19. The number of aliphatic hydroxyl groups excluding tert-OH is 1. The van der Waals surface area contributed by atoms with Crippen molar-refractivity contribution in [3.05, 3.63) is 57.8 Å². The standard InChI is InChI=1S/C21H23NOS/c1-3-18(2)22(15-7-11-19-9-5-4-6-10-19)17-21-14-13-20(24-21)12-8-16-23/h4-6,9-10,13-14,18,23H,3,15-17H2,1-2H3/t18-/m1/s1. The van der Waals surface area contributed by atoms with Gasteiger partial charge in [-0.25, -0.2) is 0 Å². The summed E-state index contributed by atoms with van der Waals surface area (Å²) in [5, 5.41) is 8.78. The van der Waals surface area contributed by atoms with E-state index in [0.29, 0.717) is 6.04 Å². The van der Waals surface area contributed by atoms with E-state index >= 15 is 0 Å². The Hall–Kier alpha value is -2.04. The quantitative estimate of drug-likeness (QED) is 0.840. The largest absolute Gasteiger partial charge is 0.384 e. The first-order chi connectivity index (χ1) is 11.7. The highest BCUT2D eigenvalue weighted by Crippen LogP contribution is 2.19. The predicted octanol–water partition coefficient (Wildman–Crippen LogP) is 3.74. The lowest BCUT2D eigenvalue weighted by atomic mass is 10.2. The van der Waals surface area contributed by atoms with Gasteiger partial charge in [-0.2, -0.15) is 0 Å². The maximum absolute atomic E-state index is 8.78. The lowest BCUT2D eigenvalue weighted by Crippen LogP contribution is -2.32. The summed E-state index contributed by atoms with van der Waals surface area (Å²) in [5.74, 6) is 12.2. The molecule has 2 aromatic rings. The lowest BCUT2D eigenvalue weighted by molar-refractivity contribution is 0.223. The van der Waals surface area contributed by atoms with Crippen LogP contribution in [0.3, 0.4) is 0 Å². The molecule has 0 aliphatic heterocycles. The molecule has 24 heavy (non-hydrogen) atoms. The van der Waals surface area contributed by atoms with Gasteiger partial charge in [0.05, 0.1) is 11.4 Å². The Morgan fingerprint density at radius 2 is 1.88 bits per heavy atom. The molecule has 0 aliphatic carbocycles. The Morgan fingerprint density at radius 3 is 2.58 bits per heavy atom. The Balaban J connectivity index is 2.03. The van der Waals surface area contributed by atoms with Gasteiger partial charge in [0.1, 0.15) is 6.61 Å². The maximum atomic E-state index is 8.78. The predicted molar refractivity (Wildman–Crippen MR) is 102 cm³/mol. The highest BCUT2D eigenvalue weighted by Gasteiger charge is 2.12. The summed E-state index contributed by atoms with van der Waals surface area (Å²) < 4.78 is 0. The van der Waals surface area contributed by atoms with Crippen molar-refractivity contribution in [1.82, 2.24) is 4.90 Å². The zero-order valence-electron chi connectivity index (χ0n) is 14.2. The molecule has 1 aromatic carbocycles. The van der Waals surface area contributed by atoms with Crippen LogP contribution < -0.4 is 0 Å². The minimum absolute atomic E-state index is 0.0959. The molecule has 0 unspecified atom stereocenters. The Morgan fingerprint density at radius 1 is 1.08 bits per heavy atom.